The van der Waals surface area contributed by atoms with Gasteiger partial charge < -0.3 is 10.2 Å². The number of nitro groups is 1. The zero-order valence-electron chi connectivity index (χ0n) is 12.4. The summed E-state index contributed by atoms with van der Waals surface area (Å²) in [6, 6.07) is 4.93. The van der Waals surface area contributed by atoms with E-state index in [1.807, 2.05) is 14.1 Å². The van der Waals surface area contributed by atoms with Crippen molar-refractivity contribution in [1.29, 1.82) is 0 Å². The van der Waals surface area contributed by atoms with Gasteiger partial charge in [0.1, 0.15) is 0 Å². The predicted octanol–water partition coefficient (Wildman–Crippen LogP) is 3.11. The van der Waals surface area contributed by atoms with E-state index in [-0.39, 0.29) is 16.0 Å². The molecule has 19 heavy (non-hydrogen) atoms. The first-order chi connectivity index (χ1) is 8.73. The smallest absolute Gasteiger partial charge is 0.269 e. The summed E-state index contributed by atoms with van der Waals surface area (Å²) in [6.07, 6.45) is 0. The third-order valence-corrected chi connectivity index (χ3v) is 2.75. The van der Waals surface area contributed by atoms with Crippen LogP contribution in [0.15, 0.2) is 18.2 Å². The normalized spacial score (nSPS) is 11.7. The Morgan fingerprint density at radius 2 is 2.00 bits per heavy atom. The Hall–Kier alpha value is -1.62. The van der Waals surface area contributed by atoms with Crippen molar-refractivity contribution in [2.45, 2.75) is 27.3 Å². The van der Waals surface area contributed by atoms with Crippen LogP contribution in [-0.4, -0.2) is 30.5 Å². The van der Waals surface area contributed by atoms with Crippen LogP contribution in [0.3, 0.4) is 0 Å². The van der Waals surface area contributed by atoms with Gasteiger partial charge in [0.25, 0.3) is 5.69 Å². The van der Waals surface area contributed by atoms with Crippen molar-refractivity contribution in [3.8, 4) is 0 Å². The molecule has 0 aliphatic heterocycles. The number of hydrogen-bond donors (Lipinski definition) is 1. The van der Waals surface area contributed by atoms with E-state index >= 15 is 0 Å². The van der Waals surface area contributed by atoms with Crippen molar-refractivity contribution in [3.63, 3.8) is 0 Å². The minimum atomic E-state index is -0.354. The minimum Gasteiger partial charge on any atom is -0.388 e. The molecule has 0 aliphatic rings. The van der Waals surface area contributed by atoms with Crippen molar-refractivity contribution < 1.29 is 4.92 Å². The Morgan fingerprint density at radius 3 is 2.47 bits per heavy atom. The van der Waals surface area contributed by atoms with Crippen molar-refractivity contribution in [1.82, 2.24) is 4.90 Å². The van der Waals surface area contributed by atoms with Crippen LogP contribution in [0.2, 0.25) is 0 Å². The maximum atomic E-state index is 10.8. The molecule has 1 rings (SSSR count). The molecule has 5 heteroatoms. The number of anilines is 1. The topological polar surface area (TPSA) is 58.4 Å². The van der Waals surface area contributed by atoms with E-state index in [1.54, 1.807) is 12.1 Å². The molecule has 106 valence electrons. The second-order valence-corrected chi connectivity index (χ2v) is 6.08. The Kier molecular flexibility index (Phi) is 4.89. The summed E-state index contributed by atoms with van der Waals surface area (Å²) in [4.78, 5) is 12.7. The van der Waals surface area contributed by atoms with Gasteiger partial charge in [-0.3, -0.25) is 10.1 Å². The van der Waals surface area contributed by atoms with Gasteiger partial charge in [-0.25, -0.2) is 0 Å². The molecule has 0 heterocycles. The van der Waals surface area contributed by atoms with Gasteiger partial charge in [0.05, 0.1) is 4.92 Å². The van der Waals surface area contributed by atoms with E-state index in [0.29, 0.717) is 6.54 Å². The zero-order valence-corrected chi connectivity index (χ0v) is 12.4. The molecule has 0 aliphatic carbocycles. The summed E-state index contributed by atoms with van der Waals surface area (Å²) >= 11 is 0. The Labute approximate surface area is 114 Å². The minimum absolute atomic E-state index is 0.137. The number of nitrogens with one attached hydrogen (secondary N) is 1. The number of nitro benzene ring substituents is 1. The third-order valence-electron chi connectivity index (χ3n) is 2.75. The first-order valence-corrected chi connectivity index (χ1v) is 6.36. The molecular weight excluding hydrogens is 242 g/mol. The van der Waals surface area contributed by atoms with Gasteiger partial charge in [-0.1, -0.05) is 20.8 Å². The first kappa shape index (κ1) is 15.4. The average Bonchev–Trinajstić information content (AvgIpc) is 2.26. The molecule has 0 saturated carbocycles. The highest BCUT2D eigenvalue weighted by atomic mass is 16.6. The summed E-state index contributed by atoms with van der Waals surface area (Å²) in [5.41, 5.74) is 2.22. The van der Waals surface area contributed by atoms with Crippen LogP contribution in [0.5, 0.6) is 0 Å². The lowest BCUT2D eigenvalue weighted by Crippen LogP contribution is -2.29. The maximum Gasteiger partial charge on any atom is 0.269 e. The van der Waals surface area contributed by atoms with E-state index in [2.05, 4.69) is 31.0 Å². The molecule has 0 aromatic heterocycles. The van der Waals surface area contributed by atoms with Crippen molar-refractivity contribution >= 4 is 11.4 Å². The standard InChI is InChI=1S/C14H23N3O2/c1-14(2,3)10-16(5)9-11-8-12(17(18)19)6-7-13(11)15-4/h6-8,15H,9-10H2,1-5H3. The van der Waals surface area contributed by atoms with Crippen LogP contribution < -0.4 is 5.32 Å². The van der Waals surface area contributed by atoms with Crippen LogP contribution in [0, 0.1) is 15.5 Å². The molecule has 0 atom stereocenters. The quantitative estimate of drug-likeness (QED) is 0.656. The van der Waals surface area contributed by atoms with Crippen LogP contribution in [-0.2, 0) is 6.54 Å². The van der Waals surface area contributed by atoms with Gasteiger partial charge in [-0.05, 0) is 24.1 Å². The second kappa shape index (κ2) is 6.02. The molecular formula is C14H23N3O2. The molecule has 5 nitrogen and oxygen atoms in total. The predicted molar refractivity (Wildman–Crippen MR) is 78.4 cm³/mol. The van der Waals surface area contributed by atoms with Gasteiger partial charge in [-0.2, -0.15) is 0 Å². The maximum absolute atomic E-state index is 10.8. The summed E-state index contributed by atoms with van der Waals surface area (Å²) in [5.74, 6) is 0. The summed E-state index contributed by atoms with van der Waals surface area (Å²) in [5, 5.41) is 13.9. The van der Waals surface area contributed by atoms with Gasteiger partial charge in [0.15, 0.2) is 0 Å². The van der Waals surface area contributed by atoms with Crippen LogP contribution in [0.4, 0.5) is 11.4 Å². The lowest BCUT2D eigenvalue weighted by atomic mass is 9.96. The van der Waals surface area contributed by atoms with E-state index in [4.69, 9.17) is 0 Å². The zero-order chi connectivity index (χ0) is 14.6. The Bertz CT molecular complexity index is 452. The molecule has 0 bridgehead atoms. The molecule has 0 unspecified atom stereocenters. The number of rotatable bonds is 5. The number of non-ortho nitro benzene ring substituents is 1. The van der Waals surface area contributed by atoms with Gasteiger partial charge in [0.2, 0.25) is 0 Å². The molecule has 1 aromatic carbocycles. The SMILES string of the molecule is CNc1ccc([N+](=O)[O-])cc1CN(C)CC(C)(C)C. The largest absolute Gasteiger partial charge is 0.388 e. The fraction of sp³-hybridized carbons (Fsp3) is 0.571. The molecule has 1 aromatic rings. The monoisotopic (exact) mass is 265 g/mol. The number of nitrogens with zero attached hydrogens (tertiary/aromatic N) is 2. The van der Waals surface area contributed by atoms with Crippen LogP contribution in [0.25, 0.3) is 0 Å². The molecule has 1 N–H and O–H groups in total. The second-order valence-electron chi connectivity index (χ2n) is 6.08. The lowest BCUT2D eigenvalue weighted by Gasteiger charge is -2.27. The number of hydrogen-bond acceptors (Lipinski definition) is 4. The molecule has 0 radical (unpaired) electrons. The first-order valence-electron chi connectivity index (χ1n) is 6.36. The molecule has 0 fully saturated rings. The lowest BCUT2D eigenvalue weighted by molar-refractivity contribution is -0.384. The van der Waals surface area contributed by atoms with E-state index in [1.165, 1.54) is 6.07 Å². The molecule has 0 saturated heterocycles. The van der Waals surface area contributed by atoms with Crippen LogP contribution in [0.1, 0.15) is 26.3 Å². The van der Waals surface area contributed by atoms with Gasteiger partial charge in [0, 0.05) is 38.0 Å². The molecule has 0 spiro atoms. The van der Waals surface area contributed by atoms with Crippen molar-refractivity contribution in [2.24, 2.45) is 5.41 Å². The van der Waals surface area contributed by atoms with Gasteiger partial charge in [-0.15, -0.1) is 0 Å². The average molecular weight is 265 g/mol. The van der Waals surface area contributed by atoms with Crippen molar-refractivity contribution in [2.75, 3.05) is 26.0 Å². The number of benzene rings is 1. The third kappa shape index (κ3) is 4.87. The van der Waals surface area contributed by atoms with E-state index in [9.17, 15) is 10.1 Å². The highest BCUT2D eigenvalue weighted by Crippen LogP contribution is 2.24. The summed E-state index contributed by atoms with van der Waals surface area (Å²) in [7, 11) is 3.86. The van der Waals surface area contributed by atoms with Crippen molar-refractivity contribution in [3.05, 3.63) is 33.9 Å². The van der Waals surface area contributed by atoms with Gasteiger partial charge >= 0.3 is 0 Å². The Morgan fingerprint density at radius 1 is 1.37 bits per heavy atom. The Balaban J connectivity index is 2.91. The highest BCUT2D eigenvalue weighted by molar-refractivity contribution is 5.55. The van der Waals surface area contributed by atoms with Crippen LogP contribution >= 0.6 is 0 Å². The fourth-order valence-corrected chi connectivity index (χ4v) is 2.22. The summed E-state index contributed by atoms with van der Waals surface area (Å²) < 4.78 is 0. The molecule has 0 amide bonds. The highest BCUT2D eigenvalue weighted by Gasteiger charge is 2.16. The fourth-order valence-electron chi connectivity index (χ4n) is 2.22. The van der Waals surface area contributed by atoms with E-state index < -0.39 is 0 Å². The summed E-state index contributed by atoms with van der Waals surface area (Å²) in [6.45, 7) is 8.15. The van der Waals surface area contributed by atoms with E-state index in [0.717, 1.165) is 17.8 Å².